The third-order valence-corrected chi connectivity index (χ3v) is 6.01. The molecule has 0 bridgehead atoms. The zero-order chi connectivity index (χ0) is 22.1. The van der Waals surface area contributed by atoms with Gasteiger partial charge in [0.2, 0.25) is 5.91 Å². The molecule has 3 aromatic carbocycles. The number of hydrogen-bond acceptors (Lipinski definition) is 3. The van der Waals surface area contributed by atoms with Crippen molar-refractivity contribution >= 4 is 34.6 Å². The van der Waals surface area contributed by atoms with Crippen LogP contribution in [0.15, 0.2) is 73.3 Å². The number of carbonyl (C=O) groups excluding carboxylic acids is 1. The molecule has 5 heteroatoms. The van der Waals surface area contributed by atoms with Gasteiger partial charge in [0.15, 0.2) is 0 Å². The van der Waals surface area contributed by atoms with Crippen LogP contribution in [0.2, 0.25) is 5.02 Å². The molecule has 1 aliphatic rings. The fourth-order valence-electron chi connectivity index (χ4n) is 4.26. The largest absolute Gasteiger partial charge is 0.508 e. The Morgan fingerprint density at radius 3 is 2.32 bits per heavy atom. The van der Waals surface area contributed by atoms with Crippen LogP contribution in [0.1, 0.15) is 37.4 Å². The lowest BCUT2D eigenvalue weighted by atomic mass is 9.88. The van der Waals surface area contributed by atoms with Crippen LogP contribution in [0.5, 0.6) is 0 Å². The van der Waals surface area contributed by atoms with Gasteiger partial charge >= 0.3 is 0 Å². The van der Waals surface area contributed by atoms with Gasteiger partial charge in [0, 0.05) is 34.9 Å². The van der Waals surface area contributed by atoms with Crippen molar-refractivity contribution in [2.45, 2.75) is 32.4 Å². The van der Waals surface area contributed by atoms with Crippen molar-refractivity contribution in [2.24, 2.45) is 0 Å². The van der Waals surface area contributed by atoms with E-state index in [1.54, 1.807) is 6.92 Å². The molecule has 0 aliphatic carbocycles. The zero-order valence-corrected chi connectivity index (χ0v) is 18.4. The lowest BCUT2D eigenvalue weighted by Gasteiger charge is -2.39. The summed E-state index contributed by atoms with van der Waals surface area (Å²) in [6.45, 7) is 7.27. The van der Waals surface area contributed by atoms with E-state index in [0.717, 1.165) is 34.5 Å². The molecule has 0 saturated carbocycles. The Morgan fingerprint density at radius 2 is 1.71 bits per heavy atom. The average molecular weight is 433 g/mol. The predicted octanol–water partition coefficient (Wildman–Crippen LogP) is 6.83. The molecular weight excluding hydrogens is 408 g/mol. The van der Waals surface area contributed by atoms with Crippen LogP contribution in [-0.4, -0.2) is 17.1 Å². The summed E-state index contributed by atoms with van der Waals surface area (Å²) in [6, 6.07) is 21.6. The highest BCUT2D eigenvalue weighted by atomic mass is 35.5. The fraction of sp³-hybridized carbons (Fsp3) is 0.192. The second-order valence-electron chi connectivity index (χ2n) is 7.98. The topological polar surface area (TPSA) is 52.6 Å². The number of amides is 1. The van der Waals surface area contributed by atoms with Gasteiger partial charge in [-0.15, -0.1) is 0 Å². The van der Waals surface area contributed by atoms with E-state index in [1.165, 1.54) is 0 Å². The van der Waals surface area contributed by atoms with Crippen molar-refractivity contribution in [3.05, 3.63) is 89.5 Å². The van der Waals surface area contributed by atoms with E-state index in [-0.39, 0.29) is 23.8 Å². The molecule has 0 radical (unpaired) electrons. The third kappa shape index (κ3) is 4.30. The second-order valence-corrected chi connectivity index (χ2v) is 8.41. The molecule has 0 saturated heterocycles. The number of anilines is 2. The number of halogens is 1. The number of rotatable bonds is 4. The number of carbonyl (C=O) groups is 1. The van der Waals surface area contributed by atoms with Crippen molar-refractivity contribution in [3.8, 4) is 11.1 Å². The molecule has 158 valence electrons. The molecule has 0 spiro atoms. The summed E-state index contributed by atoms with van der Waals surface area (Å²) >= 11 is 6.04. The summed E-state index contributed by atoms with van der Waals surface area (Å²) in [7, 11) is 0. The Morgan fingerprint density at radius 1 is 1.06 bits per heavy atom. The highest BCUT2D eigenvalue weighted by Crippen LogP contribution is 2.41. The van der Waals surface area contributed by atoms with Gasteiger partial charge in [-0.25, -0.2) is 0 Å². The number of hydrogen-bond donors (Lipinski definition) is 2. The molecule has 2 atom stereocenters. The van der Waals surface area contributed by atoms with Crippen LogP contribution in [0.25, 0.3) is 16.9 Å². The fourth-order valence-corrected chi connectivity index (χ4v) is 4.39. The Labute approximate surface area is 187 Å². The Hall–Kier alpha value is -3.24. The van der Waals surface area contributed by atoms with E-state index in [1.807, 2.05) is 65.6 Å². The van der Waals surface area contributed by atoms with E-state index < -0.39 is 0 Å². The molecule has 4 nitrogen and oxygen atoms in total. The lowest BCUT2D eigenvalue weighted by Crippen LogP contribution is -2.43. The van der Waals surface area contributed by atoms with Gasteiger partial charge in [0.05, 0.1) is 6.04 Å². The zero-order valence-electron chi connectivity index (χ0n) is 17.6. The van der Waals surface area contributed by atoms with Gasteiger partial charge in [-0.3, -0.25) is 4.79 Å². The number of fused-ring (bicyclic) bond motifs is 1. The molecule has 4 rings (SSSR count). The van der Waals surface area contributed by atoms with Gasteiger partial charge in [0.25, 0.3) is 0 Å². The summed E-state index contributed by atoms with van der Waals surface area (Å²) < 4.78 is 0. The molecule has 0 fully saturated rings. The first kappa shape index (κ1) is 21.0. The van der Waals surface area contributed by atoms with Crippen LogP contribution in [-0.2, 0) is 4.79 Å². The van der Waals surface area contributed by atoms with Crippen LogP contribution >= 0.6 is 11.6 Å². The smallest absolute Gasteiger partial charge is 0.224 e. The van der Waals surface area contributed by atoms with Gasteiger partial charge in [-0.05, 0) is 66.4 Å². The second kappa shape index (κ2) is 8.48. The normalized spacial score (nSPS) is 17.7. The first-order valence-electron chi connectivity index (χ1n) is 10.3. The Balaban J connectivity index is 1.75. The first-order chi connectivity index (χ1) is 14.8. The molecule has 1 amide bonds. The number of nitrogens with one attached hydrogen (secondary N) is 1. The monoisotopic (exact) mass is 432 g/mol. The number of aliphatic hydroxyl groups excluding tert-OH is 1. The molecular formula is C26H25ClN2O2. The van der Waals surface area contributed by atoms with E-state index in [0.29, 0.717) is 10.6 Å². The minimum Gasteiger partial charge on any atom is -0.508 e. The third-order valence-electron chi connectivity index (χ3n) is 5.76. The van der Waals surface area contributed by atoms with Gasteiger partial charge < -0.3 is 15.3 Å². The van der Waals surface area contributed by atoms with E-state index in [4.69, 9.17) is 11.6 Å². The molecule has 31 heavy (non-hydrogen) atoms. The van der Waals surface area contributed by atoms with Crippen LogP contribution in [0.3, 0.4) is 0 Å². The van der Waals surface area contributed by atoms with Crippen LogP contribution < -0.4 is 10.2 Å². The minimum atomic E-state index is 0.0391. The van der Waals surface area contributed by atoms with Gasteiger partial charge in [-0.1, -0.05) is 48.5 Å². The molecule has 0 unspecified atom stereocenters. The highest BCUT2D eigenvalue weighted by molar-refractivity contribution is 6.30. The maximum Gasteiger partial charge on any atom is 0.224 e. The SMILES string of the molecule is C=C(O)c1ccc(-c2ccc3c(c2)[C@H](Nc2ccc(Cl)cc2)C[C@H](C)N3C(C)=O)cc1. The van der Waals surface area contributed by atoms with Crippen LogP contribution in [0, 0.1) is 0 Å². The van der Waals surface area contributed by atoms with Crippen molar-refractivity contribution in [3.63, 3.8) is 0 Å². The van der Waals surface area contributed by atoms with Crippen LogP contribution in [0.4, 0.5) is 11.4 Å². The molecule has 1 heterocycles. The van der Waals surface area contributed by atoms with E-state index >= 15 is 0 Å². The summed E-state index contributed by atoms with van der Waals surface area (Å²) in [4.78, 5) is 14.3. The number of aliphatic hydroxyl groups is 1. The molecule has 3 aromatic rings. The summed E-state index contributed by atoms with van der Waals surface area (Å²) in [6.07, 6.45) is 0.794. The predicted molar refractivity (Wildman–Crippen MR) is 129 cm³/mol. The van der Waals surface area contributed by atoms with Crippen molar-refractivity contribution in [2.75, 3.05) is 10.2 Å². The molecule has 1 aliphatic heterocycles. The van der Waals surface area contributed by atoms with Gasteiger partial charge in [0.1, 0.15) is 5.76 Å². The first-order valence-corrected chi connectivity index (χ1v) is 10.7. The van der Waals surface area contributed by atoms with E-state index in [9.17, 15) is 9.90 Å². The average Bonchev–Trinajstić information content (AvgIpc) is 2.75. The highest BCUT2D eigenvalue weighted by Gasteiger charge is 2.32. The standard InChI is InChI=1S/C26H25ClN2O2/c1-16-14-25(28-23-11-9-22(27)10-12-23)24-15-21(8-13-26(24)29(16)18(3)31)20-6-4-19(5-7-20)17(2)30/h4-13,15-16,25,28,30H,2,14H2,1,3H3/t16-,25+/m0/s1. The summed E-state index contributed by atoms with van der Waals surface area (Å²) in [5.74, 6) is 0.0903. The number of nitrogens with zero attached hydrogens (tertiary/aromatic N) is 1. The maximum absolute atomic E-state index is 12.4. The summed E-state index contributed by atoms with van der Waals surface area (Å²) in [5, 5.41) is 13.9. The summed E-state index contributed by atoms with van der Waals surface area (Å²) in [5.41, 5.74) is 5.78. The maximum atomic E-state index is 12.4. The van der Waals surface area contributed by atoms with Crippen molar-refractivity contribution in [1.29, 1.82) is 0 Å². The van der Waals surface area contributed by atoms with Gasteiger partial charge in [-0.2, -0.15) is 0 Å². The number of benzene rings is 3. The molecule has 0 aromatic heterocycles. The quantitative estimate of drug-likeness (QED) is 0.444. The minimum absolute atomic E-state index is 0.0391. The Bertz CT molecular complexity index is 1120. The molecule has 2 N–H and O–H groups in total. The Kier molecular flexibility index (Phi) is 5.75. The van der Waals surface area contributed by atoms with Crippen molar-refractivity contribution in [1.82, 2.24) is 0 Å². The van der Waals surface area contributed by atoms with E-state index in [2.05, 4.69) is 24.9 Å². The van der Waals surface area contributed by atoms with Crippen molar-refractivity contribution < 1.29 is 9.90 Å². The lowest BCUT2D eigenvalue weighted by molar-refractivity contribution is -0.117.